The largest absolute Gasteiger partial charge is 0.471 e. The summed E-state index contributed by atoms with van der Waals surface area (Å²) in [6, 6.07) is 9.11. The number of nitrogens with zero attached hydrogens (tertiary/aromatic N) is 1. The minimum Gasteiger partial charge on any atom is -0.325 e. The lowest BCUT2D eigenvalue weighted by molar-refractivity contribution is -0.194. The molecule has 0 bridgehead atoms. The first-order valence-electron chi connectivity index (χ1n) is 6.40. The predicted octanol–water partition coefficient (Wildman–Crippen LogP) is 3.09. The maximum Gasteiger partial charge on any atom is 0.471 e. The molecule has 1 aromatic rings. The van der Waals surface area contributed by atoms with Crippen LogP contribution in [0, 0.1) is 5.92 Å². The molecule has 0 radical (unpaired) electrons. The fourth-order valence-corrected chi connectivity index (χ4v) is 3.54. The predicted molar refractivity (Wildman–Crippen MR) is 63.2 cm³/mol. The van der Waals surface area contributed by atoms with Gasteiger partial charge in [-0.05, 0) is 30.7 Å². The molecule has 0 N–H and O–H groups in total. The summed E-state index contributed by atoms with van der Waals surface area (Å²) in [6.45, 7) is 0.206. The number of alkyl halides is 3. The van der Waals surface area contributed by atoms with E-state index in [0.29, 0.717) is 12.8 Å². The zero-order chi connectivity index (χ0) is 13.7. The molecule has 2 nitrogen and oxygen atoms in total. The number of benzene rings is 1. The summed E-state index contributed by atoms with van der Waals surface area (Å²) in [5, 5.41) is 0. The number of rotatable bonds is 1. The van der Waals surface area contributed by atoms with E-state index in [4.69, 9.17) is 0 Å². The van der Waals surface area contributed by atoms with Crippen molar-refractivity contribution in [2.45, 2.75) is 31.0 Å². The zero-order valence-electron chi connectivity index (χ0n) is 10.3. The summed E-state index contributed by atoms with van der Waals surface area (Å²) in [7, 11) is 0. The molecule has 2 fully saturated rings. The average Bonchev–Trinajstić information content (AvgIpc) is 2.60. The Hall–Kier alpha value is -1.52. The van der Waals surface area contributed by atoms with E-state index in [-0.39, 0.29) is 12.5 Å². The van der Waals surface area contributed by atoms with Crippen molar-refractivity contribution in [2.24, 2.45) is 5.92 Å². The van der Waals surface area contributed by atoms with Crippen LogP contribution in [0.1, 0.15) is 24.8 Å². The van der Waals surface area contributed by atoms with Gasteiger partial charge in [-0.3, -0.25) is 4.79 Å². The van der Waals surface area contributed by atoms with Gasteiger partial charge >= 0.3 is 12.1 Å². The first-order chi connectivity index (χ1) is 8.96. The average molecular weight is 269 g/mol. The van der Waals surface area contributed by atoms with Gasteiger partial charge in [0.05, 0.1) is 5.54 Å². The van der Waals surface area contributed by atoms with Crippen molar-refractivity contribution in [2.75, 3.05) is 6.54 Å². The van der Waals surface area contributed by atoms with Crippen LogP contribution in [0.4, 0.5) is 13.2 Å². The van der Waals surface area contributed by atoms with Gasteiger partial charge in [0.15, 0.2) is 0 Å². The molecule has 1 aliphatic carbocycles. The minimum absolute atomic E-state index is 0.168. The topological polar surface area (TPSA) is 20.3 Å². The molecule has 19 heavy (non-hydrogen) atoms. The summed E-state index contributed by atoms with van der Waals surface area (Å²) < 4.78 is 38.2. The van der Waals surface area contributed by atoms with Crippen molar-refractivity contribution in [1.29, 1.82) is 0 Å². The number of halogens is 3. The van der Waals surface area contributed by atoms with E-state index in [1.807, 2.05) is 30.3 Å². The molecule has 1 saturated heterocycles. The van der Waals surface area contributed by atoms with Crippen molar-refractivity contribution in [3.63, 3.8) is 0 Å². The Morgan fingerprint density at radius 2 is 1.89 bits per heavy atom. The normalized spacial score (nSPS) is 29.8. The molecule has 0 aromatic heterocycles. The van der Waals surface area contributed by atoms with Gasteiger partial charge in [0.25, 0.3) is 0 Å². The summed E-state index contributed by atoms with van der Waals surface area (Å²) in [5.74, 6) is -1.53. The third-order valence-corrected chi connectivity index (χ3v) is 4.49. The maximum atomic E-state index is 12.7. The van der Waals surface area contributed by atoms with Gasteiger partial charge in [0, 0.05) is 6.54 Å². The molecule has 1 aliphatic heterocycles. The van der Waals surface area contributed by atoms with E-state index in [9.17, 15) is 18.0 Å². The molecule has 1 saturated carbocycles. The van der Waals surface area contributed by atoms with Crippen molar-refractivity contribution >= 4 is 5.91 Å². The Kier molecular flexibility index (Phi) is 2.62. The van der Waals surface area contributed by atoms with Crippen LogP contribution in [0.3, 0.4) is 0 Å². The fourth-order valence-electron chi connectivity index (χ4n) is 3.54. The second-order valence-corrected chi connectivity index (χ2v) is 5.27. The lowest BCUT2D eigenvalue weighted by Crippen LogP contribution is -2.56. The highest BCUT2D eigenvalue weighted by atomic mass is 19.4. The van der Waals surface area contributed by atoms with E-state index in [2.05, 4.69) is 0 Å². The lowest BCUT2D eigenvalue weighted by atomic mass is 9.63. The number of likely N-dealkylation sites (tertiary alicyclic amines) is 1. The molecule has 0 spiro atoms. The SMILES string of the molecule is O=C(N1CC[C@@H]2CC[C@@]21c1ccccc1)C(F)(F)F. The summed E-state index contributed by atoms with van der Waals surface area (Å²) in [4.78, 5) is 12.7. The Labute approximate surface area is 109 Å². The van der Waals surface area contributed by atoms with Gasteiger partial charge in [-0.1, -0.05) is 30.3 Å². The molecule has 5 heteroatoms. The van der Waals surface area contributed by atoms with E-state index >= 15 is 0 Å². The van der Waals surface area contributed by atoms with Gasteiger partial charge in [-0.25, -0.2) is 0 Å². The third-order valence-electron chi connectivity index (χ3n) is 4.49. The first kappa shape index (κ1) is 12.5. The summed E-state index contributed by atoms with van der Waals surface area (Å²) >= 11 is 0. The van der Waals surface area contributed by atoms with E-state index in [0.717, 1.165) is 16.9 Å². The second-order valence-electron chi connectivity index (χ2n) is 5.27. The Morgan fingerprint density at radius 1 is 1.21 bits per heavy atom. The number of amides is 1. The van der Waals surface area contributed by atoms with E-state index < -0.39 is 17.6 Å². The van der Waals surface area contributed by atoms with Crippen LogP contribution in [0.15, 0.2) is 30.3 Å². The first-order valence-corrected chi connectivity index (χ1v) is 6.40. The van der Waals surface area contributed by atoms with Gasteiger partial charge in [0.1, 0.15) is 0 Å². The van der Waals surface area contributed by atoms with Crippen LogP contribution in [0.2, 0.25) is 0 Å². The molecule has 1 amide bonds. The zero-order valence-corrected chi connectivity index (χ0v) is 10.3. The molecule has 1 heterocycles. The van der Waals surface area contributed by atoms with Crippen LogP contribution in [-0.2, 0) is 10.3 Å². The summed E-state index contributed by atoms with van der Waals surface area (Å²) in [6.07, 6.45) is -2.59. The third kappa shape index (κ3) is 1.67. The molecule has 102 valence electrons. The molecular formula is C14H14F3NO. The Balaban J connectivity index is 2.00. The molecule has 2 atom stereocenters. The van der Waals surface area contributed by atoms with Gasteiger partial charge in [-0.15, -0.1) is 0 Å². The number of fused-ring (bicyclic) bond motifs is 1. The Morgan fingerprint density at radius 3 is 2.42 bits per heavy atom. The standard InChI is InChI=1S/C14H14F3NO/c15-14(16,17)12(19)18-9-7-11-6-8-13(11,18)10-4-2-1-3-5-10/h1-5,11H,6-9H2/t11-,13+/m0/s1. The lowest BCUT2D eigenvalue weighted by Gasteiger charge is -2.50. The van der Waals surface area contributed by atoms with Crippen molar-refractivity contribution < 1.29 is 18.0 Å². The van der Waals surface area contributed by atoms with Crippen molar-refractivity contribution in [3.8, 4) is 0 Å². The number of hydrogen-bond acceptors (Lipinski definition) is 1. The minimum atomic E-state index is -4.79. The maximum absolute atomic E-state index is 12.7. The molecular weight excluding hydrogens is 255 g/mol. The summed E-state index contributed by atoms with van der Waals surface area (Å²) in [5.41, 5.74) is 0.120. The van der Waals surface area contributed by atoms with E-state index in [1.165, 1.54) is 0 Å². The van der Waals surface area contributed by atoms with E-state index in [1.54, 1.807) is 0 Å². The fraction of sp³-hybridized carbons (Fsp3) is 0.500. The quantitative estimate of drug-likeness (QED) is 0.767. The van der Waals surface area contributed by atoms with Crippen LogP contribution < -0.4 is 0 Å². The Bertz CT molecular complexity index is 499. The monoisotopic (exact) mass is 269 g/mol. The van der Waals surface area contributed by atoms with Crippen molar-refractivity contribution in [3.05, 3.63) is 35.9 Å². The molecule has 1 aromatic carbocycles. The molecule has 3 rings (SSSR count). The van der Waals surface area contributed by atoms with Gasteiger partial charge < -0.3 is 4.90 Å². The molecule has 0 unspecified atom stereocenters. The number of carbonyl (C=O) groups is 1. The number of hydrogen-bond donors (Lipinski definition) is 0. The second kappa shape index (κ2) is 3.99. The highest BCUT2D eigenvalue weighted by molar-refractivity contribution is 5.83. The number of carbonyl (C=O) groups excluding carboxylic acids is 1. The molecule has 2 aliphatic rings. The van der Waals surface area contributed by atoms with Gasteiger partial charge in [-0.2, -0.15) is 13.2 Å². The van der Waals surface area contributed by atoms with Gasteiger partial charge in [0.2, 0.25) is 0 Å². The van der Waals surface area contributed by atoms with Crippen LogP contribution >= 0.6 is 0 Å². The van der Waals surface area contributed by atoms with Crippen LogP contribution in [0.5, 0.6) is 0 Å². The van der Waals surface area contributed by atoms with Crippen molar-refractivity contribution in [1.82, 2.24) is 4.90 Å². The van der Waals surface area contributed by atoms with Crippen LogP contribution in [-0.4, -0.2) is 23.5 Å². The van der Waals surface area contributed by atoms with Crippen LogP contribution in [0.25, 0.3) is 0 Å². The highest BCUT2D eigenvalue weighted by Gasteiger charge is 2.61. The smallest absolute Gasteiger partial charge is 0.325 e. The highest BCUT2D eigenvalue weighted by Crippen LogP contribution is 2.57.